The molecule has 0 bridgehead atoms. The van der Waals surface area contributed by atoms with E-state index >= 15 is 0 Å². The number of benzene rings is 2. The molecule has 1 N–H and O–H groups in total. The number of rotatable bonds is 4. The molecule has 2 heterocycles. The van der Waals surface area contributed by atoms with Crippen LogP contribution >= 0.6 is 0 Å². The Balaban J connectivity index is 1.73. The highest BCUT2D eigenvalue weighted by atomic mass is 16.5. The zero-order chi connectivity index (χ0) is 17.9. The molecule has 128 valence electrons. The maximum atomic E-state index is 10.1. The normalized spacial score (nSPS) is 10.7. The van der Waals surface area contributed by atoms with E-state index in [1.165, 1.54) is 4.80 Å². The van der Waals surface area contributed by atoms with Crippen LogP contribution in [-0.4, -0.2) is 37.4 Å². The molecule has 0 saturated carbocycles. The fourth-order valence-corrected chi connectivity index (χ4v) is 2.65. The summed E-state index contributed by atoms with van der Waals surface area (Å²) >= 11 is 0. The van der Waals surface area contributed by atoms with Crippen molar-refractivity contribution >= 4 is 0 Å². The number of phenolic OH excluding ortho intramolecular Hbond substituents is 1. The molecule has 0 fully saturated rings. The van der Waals surface area contributed by atoms with Crippen molar-refractivity contribution in [2.45, 2.75) is 0 Å². The third kappa shape index (κ3) is 2.86. The third-order valence-electron chi connectivity index (χ3n) is 3.92. The average molecular weight is 345 g/mol. The fraction of sp³-hybridized carbons (Fsp3) is 0.0526. The molecule has 0 aliphatic rings. The topological polar surface area (TPSA) is 86.0 Å². The van der Waals surface area contributed by atoms with E-state index < -0.39 is 0 Å². The van der Waals surface area contributed by atoms with E-state index in [0.29, 0.717) is 28.5 Å². The lowest BCUT2D eigenvalue weighted by Crippen LogP contribution is -2.00. The van der Waals surface area contributed by atoms with Gasteiger partial charge in [0.1, 0.15) is 17.2 Å². The third-order valence-corrected chi connectivity index (χ3v) is 3.92. The SMILES string of the molecule is COc1cc(-n2nnc(-c3ccccn3)n2)ccc1-c1ccccc1O. The number of hydrogen-bond acceptors (Lipinski definition) is 6. The predicted molar refractivity (Wildman–Crippen MR) is 96.0 cm³/mol. The number of tetrazole rings is 1. The summed E-state index contributed by atoms with van der Waals surface area (Å²) in [6.07, 6.45) is 1.68. The van der Waals surface area contributed by atoms with Crippen molar-refractivity contribution in [3.63, 3.8) is 0 Å². The fourth-order valence-electron chi connectivity index (χ4n) is 2.65. The second-order valence-corrected chi connectivity index (χ2v) is 5.52. The number of nitrogens with zero attached hydrogens (tertiary/aromatic N) is 5. The summed E-state index contributed by atoms with van der Waals surface area (Å²) in [6, 6.07) is 18.1. The zero-order valence-electron chi connectivity index (χ0n) is 13.9. The van der Waals surface area contributed by atoms with Crippen LogP contribution in [0.2, 0.25) is 0 Å². The number of hydrogen-bond donors (Lipinski definition) is 1. The van der Waals surface area contributed by atoms with E-state index in [4.69, 9.17) is 4.74 Å². The first kappa shape index (κ1) is 15.8. The number of phenols is 1. The van der Waals surface area contributed by atoms with Gasteiger partial charge in [0.2, 0.25) is 5.82 Å². The van der Waals surface area contributed by atoms with Gasteiger partial charge in [-0.3, -0.25) is 4.98 Å². The van der Waals surface area contributed by atoms with Gasteiger partial charge >= 0.3 is 0 Å². The Morgan fingerprint density at radius 1 is 0.962 bits per heavy atom. The van der Waals surface area contributed by atoms with Gasteiger partial charge < -0.3 is 9.84 Å². The molecule has 0 aliphatic heterocycles. The van der Waals surface area contributed by atoms with Crippen molar-refractivity contribution in [1.29, 1.82) is 0 Å². The molecular weight excluding hydrogens is 330 g/mol. The van der Waals surface area contributed by atoms with E-state index in [-0.39, 0.29) is 5.75 Å². The average Bonchev–Trinajstić information content (AvgIpc) is 3.19. The zero-order valence-corrected chi connectivity index (χ0v) is 13.9. The maximum Gasteiger partial charge on any atom is 0.223 e. The van der Waals surface area contributed by atoms with Crippen LogP contribution in [0.3, 0.4) is 0 Å². The van der Waals surface area contributed by atoms with Gasteiger partial charge in [-0.25, -0.2) is 0 Å². The van der Waals surface area contributed by atoms with Crippen LogP contribution in [0, 0.1) is 0 Å². The van der Waals surface area contributed by atoms with Crippen LogP contribution in [0.15, 0.2) is 66.9 Å². The Labute approximate surface area is 149 Å². The summed E-state index contributed by atoms with van der Waals surface area (Å²) in [5.41, 5.74) is 2.81. The molecule has 0 aliphatic carbocycles. The standard InChI is InChI=1S/C19H15N5O2/c1-26-18-12-13(9-10-15(18)14-6-2-3-8-17(14)25)24-22-19(21-23-24)16-7-4-5-11-20-16/h2-12,25H,1H3. The summed E-state index contributed by atoms with van der Waals surface area (Å²) in [6.45, 7) is 0. The van der Waals surface area contributed by atoms with Gasteiger partial charge in [-0.2, -0.15) is 0 Å². The molecule has 0 spiro atoms. The molecule has 4 rings (SSSR count). The molecule has 2 aromatic carbocycles. The van der Waals surface area contributed by atoms with Crippen LogP contribution in [0.5, 0.6) is 11.5 Å². The highest BCUT2D eigenvalue weighted by Gasteiger charge is 2.13. The summed E-state index contributed by atoms with van der Waals surface area (Å²) in [4.78, 5) is 5.64. The second-order valence-electron chi connectivity index (χ2n) is 5.52. The molecule has 2 aromatic heterocycles. The van der Waals surface area contributed by atoms with Crippen molar-refractivity contribution in [2.24, 2.45) is 0 Å². The van der Waals surface area contributed by atoms with Crippen molar-refractivity contribution in [1.82, 2.24) is 25.2 Å². The molecule has 4 aromatic rings. The minimum atomic E-state index is 0.190. The Kier molecular flexibility index (Phi) is 4.03. The smallest absolute Gasteiger partial charge is 0.223 e. The minimum Gasteiger partial charge on any atom is -0.507 e. The Hall–Kier alpha value is -3.74. The number of pyridine rings is 1. The van der Waals surface area contributed by atoms with Gasteiger partial charge in [0.15, 0.2) is 0 Å². The van der Waals surface area contributed by atoms with Crippen molar-refractivity contribution in [3.8, 4) is 39.8 Å². The molecule has 0 unspecified atom stereocenters. The number of para-hydroxylation sites is 1. The molecule has 0 atom stereocenters. The highest BCUT2D eigenvalue weighted by Crippen LogP contribution is 2.36. The Morgan fingerprint density at radius 3 is 2.58 bits per heavy atom. The van der Waals surface area contributed by atoms with E-state index in [1.54, 1.807) is 31.5 Å². The molecule has 7 nitrogen and oxygen atoms in total. The van der Waals surface area contributed by atoms with Gasteiger partial charge in [-0.1, -0.05) is 24.3 Å². The van der Waals surface area contributed by atoms with Crippen LogP contribution in [0.25, 0.3) is 28.3 Å². The monoisotopic (exact) mass is 345 g/mol. The minimum absolute atomic E-state index is 0.190. The van der Waals surface area contributed by atoms with E-state index in [2.05, 4.69) is 20.4 Å². The second kappa shape index (κ2) is 6.64. The largest absolute Gasteiger partial charge is 0.507 e. The lowest BCUT2D eigenvalue weighted by atomic mass is 10.0. The first-order chi connectivity index (χ1) is 12.8. The molecule has 7 heteroatoms. The number of methoxy groups -OCH3 is 1. The quantitative estimate of drug-likeness (QED) is 0.612. The molecule has 0 saturated heterocycles. The number of ether oxygens (including phenoxy) is 1. The van der Waals surface area contributed by atoms with Crippen LogP contribution < -0.4 is 4.74 Å². The first-order valence-corrected chi connectivity index (χ1v) is 7.94. The number of aromatic nitrogens is 5. The molecule has 26 heavy (non-hydrogen) atoms. The van der Waals surface area contributed by atoms with E-state index in [0.717, 1.165) is 5.56 Å². The van der Waals surface area contributed by atoms with Gasteiger partial charge in [0.25, 0.3) is 0 Å². The Morgan fingerprint density at radius 2 is 1.81 bits per heavy atom. The van der Waals surface area contributed by atoms with Gasteiger partial charge in [0, 0.05) is 23.4 Å². The summed E-state index contributed by atoms with van der Waals surface area (Å²) in [5, 5.41) is 22.6. The van der Waals surface area contributed by atoms with Gasteiger partial charge in [-0.15, -0.1) is 15.0 Å². The van der Waals surface area contributed by atoms with E-state index in [9.17, 15) is 5.11 Å². The predicted octanol–water partition coefficient (Wildman–Crippen LogP) is 3.11. The number of aromatic hydroxyl groups is 1. The lowest BCUT2D eigenvalue weighted by Gasteiger charge is -2.11. The molecule has 0 amide bonds. The van der Waals surface area contributed by atoms with Crippen LogP contribution in [0.1, 0.15) is 0 Å². The maximum absolute atomic E-state index is 10.1. The first-order valence-electron chi connectivity index (χ1n) is 7.94. The summed E-state index contributed by atoms with van der Waals surface area (Å²) < 4.78 is 5.50. The van der Waals surface area contributed by atoms with Crippen LogP contribution in [-0.2, 0) is 0 Å². The van der Waals surface area contributed by atoms with Crippen molar-refractivity contribution < 1.29 is 9.84 Å². The highest BCUT2D eigenvalue weighted by molar-refractivity contribution is 5.76. The summed E-state index contributed by atoms with van der Waals surface area (Å²) in [5.74, 6) is 1.23. The van der Waals surface area contributed by atoms with Crippen molar-refractivity contribution in [2.75, 3.05) is 7.11 Å². The Bertz CT molecular complexity index is 1050. The van der Waals surface area contributed by atoms with E-state index in [1.807, 2.05) is 42.5 Å². The van der Waals surface area contributed by atoms with Crippen molar-refractivity contribution in [3.05, 3.63) is 66.9 Å². The molecular formula is C19H15N5O2. The van der Waals surface area contributed by atoms with Gasteiger partial charge in [-0.05, 0) is 35.5 Å². The summed E-state index contributed by atoms with van der Waals surface area (Å²) in [7, 11) is 1.58. The van der Waals surface area contributed by atoms with Crippen LogP contribution in [0.4, 0.5) is 0 Å². The molecule has 0 radical (unpaired) electrons. The van der Waals surface area contributed by atoms with Gasteiger partial charge in [0.05, 0.1) is 12.8 Å². The lowest BCUT2D eigenvalue weighted by molar-refractivity contribution is 0.415.